The number of halogens is 3. The van der Waals surface area contributed by atoms with Crippen molar-refractivity contribution < 1.29 is 46.7 Å². The summed E-state index contributed by atoms with van der Waals surface area (Å²) in [6.07, 6.45) is -4.97. The summed E-state index contributed by atoms with van der Waals surface area (Å²) in [4.78, 5) is 45.4. The van der Waals surface area contributed by atoms with E-state index in [0.29, 0.717) is 0 Å². The lowest BCUT2D eigenvalue weighted by atomic mass is 10.1. The zero-order chi connectivity index (χ0) is 24.1. The second-order valence-corrected chi connectivity index (χ2v) is 6.05. The molecule has 0 aromatic heterocycles. The molecule has 1 N–H and O–H groups in total. The summed E-state index contributed by atoms with van der Waals surface area (Å²) in [6, 6.07) is 5.31. The van der Waals surface area contributed by atoms with Crippen molar-refractivity contribution in [3.63, 3.8) is 0 Å². The maximum absolute atomic E-state index is 13.2. The largest absolute Gasteiger partial charge is 0.483 e. The van der Waals surface area contributed by atoms with Gasteiger partial charge >= 0.3 is 18.1 Å². The second-order valence-electron chi connectivity index (χ2n) is 6.05. The number of esters is 2. The summed E-state index contributed by atoms with van der Waals surface area (Å²) in [7, 11) is 2.20. The molecule has 0 aliphatic carbocycles. The van der Waals surface area contributed by atoms with Crippen molar-refractivity contribution in [1.82, 2.24) is 0 Å². The monoisotopic (exact) mass is 456 g/mol. The fraction of sp³-hybridized carbons (Fsp3) is 0.211. The highest BCUT2D eigenvalue weighted by Gasteiger charge is 2.36. The molecule has 0 atom stereocenters. The predicted molar refractivity (Wildman–Crippen MR) is 101 cm³/mol. The van der Waals surface area contributed by atoms with Gasteiger partial charge in [0, 0.05) is 17.8 Å². The van der Waals surface area contributed by atoms with E-state index in [4.69, 9.17) is 4.74 Å². The van der Waals surface area contributed by atoms with Crippen molar-refractivity contribution in [2.75, 3.05) is 26.1 Å². The zero-order valence-electron chi connectivity index (χ0n) is 16.5. The Labute approximate surface area is 178 Å². The van der Waals surface area contributed by atoms with Crippen LogP contribution in [0.25, 0.3) is 0 Å². The number of nitro benzene ring substituents is 1. The first-order chi connectivity index (χ1) is 15.0. The number of non-ortho nitro benzene ring substituents is 1. The molecule has 32 heavy (non-hydrogen) atoms. The van der Waals surface area contributed by atoms with Gasteiger partial charge in [0.15, 0.2) is 6.61 Å². The summed E-state index contributed by atoms with van der Waals surface area (Å²) >= 11 is 0. The van der Waals surface area contributed by atoms with Crippen molar-refractivity contribution in [1.29, 1.82) is 0 Å². The van der Waals surface area contributed by atoms with Gasteiger partial charge in [0.05, 0.1) is 30.3 Å². The maximum atomic E-state index is 13.2. The molecule has 170 valence electrons. The van der Waals surface area contributed by atoms with Crippen LogP contribution in [0.15, 0.2) is 36.4 Å². The maximum Gasteiger partial charge on any atom is 0.420 e. The molecule has 10 nitrogen and oxygen atoms in total. The first-order valence-corrected chi connectivity index (χ1v) is 8.56. The number of ether oxygens (including phenoxy) is 3. The molecule has 1 amide bonds. The Kier molecular flexibility index (Phi) is 7.36. The molecule has 0 radical (unpaired) electrons. The number of nitrogens with zero attached hydrogens (tertiary/aromatic N) is 1. The Morgan fingerprint density at radius 3 is 2.03 bits per heavy atom. The summed E-state index contributed by atoms with van der Waals surface area (Å²) < 4.78 is 53.5. The summed E-state index contributed by atoms with van der Waals surface area (Å²) in [5.41, 5.74) is -2.48. The SMILES string of the molecule is COC(=O)c1cc(NC(=O)COc2ccc([N+](=O)[O-])cc2C(F)(F)F)cc(C(=O)OC)c1. The van der Waals surface area contributed by atoms with Crippen LogP contribution < -0.4 is 10.1 Å². The van der Waals surface area contributed by atoms with Gasteiger partial charge in [-0.3, -0.25) is 14.9 Å². The van der Waals surface area contributed by atoms with Crippen LogP contribution in [0, 0.1) is 10.1 Å². The minimum atomic E-state index is -4.97. The number of hydrogen-bond donors (Lipinski definition) is 1. The molecule has 0 aliphatic rings. The van der Waals surface area contributed by atoms with E-state index in [9.17, 15) is 37.7 Å². The van der Waals surface area contributed by atoms with Gasteiger partial charge in [-0.1, -0.05) is 0 Å². The normalized spacial score (nSPS) is 10.8. The molecule has 2 rings (SSSR count). The van der Waals surface area contributed by atoms with Gasteiger partial charge in [0.2, 0.25) is 0 Å². The molecule has 0 heterocycles. The molecular weight excluding hydrogens is 441 g/mol. The minimum absolute atomic E-state index is 0.0540. The van der Waals surface area contributed by atoms with E-state index in [1.807, 2.05) is 0 Å². The van der Waals surface area contributed by atoms with E-state index in [1.54, 1.807) is 0 Å². The van der Waals surface area contributed by atoms with Crippen molar-refractivity contribution >= 4 is 29.2 Å². The van der Waals surface area contributed by atoms with Crippen LogP contribution >= 0.6 is 0 Å². The van der Waals surface area contributed by atoms with Gasteiger partial charge in [0.1, 0.15) is 11.3 Å². The Bertz CT molecular complexity index is 1030. The van der Waals surface area contributed by atoms with E-state index < -0.39 is 52.6 Å². The lowest BCUT2D eigenvalue weighted by Gasteiger charge is -2.14. The van der Waals surface area contributed by atoms with Crippen LogP contribution in [0.4, 0.5) is 24.5 Å². The van der Waals surface area contributed by atoms with Crippen molar-refractivity contribution in [2.24, 2.45) is 0 Å². The van der Waals surface area contributed by atoms with Gasteiger partial charge in [-0.2, -0.15) is 13.2 Å². The Hall–Kier alpha value is -4.16. The Balaban J connectivity index is 2.22. The van der Waals surface area contributed by atoms with Crippen LogP contribution in [-0.4, -0.2) is 43.6 Å². The van der Waals surface area contributed by atoms with Crippen LogP contribution in [0.1, 0.15) is 26.3 Å². The molecule has 2 aromatic rings. The van der Waals surface area contributed by atoms with E-state index in [0.717, 1.165) is 32.4 Å². The number of nitrogens with one attached hydrogen (secondary N) is 1. The van der Waals surface area contributed by atoms with Gasteiger partial charge in [0.25, 0.3) is 11.6 Å². The smallest absolute Gasteiger partial charge is 0.420 e. The quantitative estimate of drug-likeness (QED) is 0.381. The number of nitro groups is 1. The molecule has 0 aliphatic heterocycles. The van der Waals surface area contributed by atoms with E-state index in [2.05, 4.69) is 14.8 Å². The number of rotatable bonds is 7. The summed E-state index contributed by atoms with van der Waals surface area (Å²) in [5, 5.41) is 13.0. The van der Waals surface area contributed by atoms with E-state index in [-0.39, 0.29) is 22.9 Å². The fourth-order valence-corrected chi connectivity index (χ4v) is 2.49. The first-order valence-electron chi connectivity index (χ1n) is 8.56. The van der Waals surface area contributed by atoms with Crippen molar-refractivity contribution in [3.05, 3.63) is 63.2 Å². The lowest BCUT2D eigenvalue weighted by Crippen LogP contribution is -2.22. The average molecular weight is 456 g/mol. The number of anilines is 1. The molecule has 0 fully saturated rings. The Morgan fingerprint density at radius 2 is 1.56 bits per heavy atom. The molecule has 0 spiro atoms. The number of benzene rings is 2. The second kappa shape index (κ2) is 9.76. The minimum Gasteiger partial charge on any atom is -0.483 e. The van der Waals surface area contributed by atoms with Gasteiger partial charge < -0.3 is 19.5 Å². The molecule has 0 unspecified atom stereocenters. The average Bonchev–Trinajstić information content (AvgIpc) is 2.75. The third-order valence-electron chi connectivity index (χ3n) is 3.90. The van der Waals surface area contributed by atoms with Crippen LogP contribution in [0.2, 0.25) is 0 Å². The number of carbonyl (C=O) groups excluding carboxylic acids is 3. The number of hydrogen-bond acceptors (Lipinski definition) is 8. The number of alkyl halides is 3. The summed E-state index contributed by atoms with van der Waals surface area (Å²) in [5.74, 6) is -3.36. The molecule has 0 bridgehead atoms. The molecule has 13 heteroatoms. The van der Waals surface area contributed by atoms with Crippen LogP contribution in [-0.2, 0) is 20.4 Å². The number of amides is 1. The Morgan fingerprint density at radius 1 is 1.00 bits per heavy atom. The third-order valence-corrected chi connectivity index (χ3v) is 3.90. The van der Waals surface area contributed by atoms with Gasteiger partial charge in [-0.05, 0) is 24.3 Å². The molecular formula is C19H15F3N2O8. The fourth-order valence-electron chi connectivity index (χ4n) is 2.49. The lowest BCUT2D eigenvalue weighted by molar-refractivity contribution is -0.385. The van der Waals surface area contributed by atoms with E-state index in [1.165, 1.54) is 12.1 Å². The molecule has 2 aromatic carbocycles. The summed E-state index contributed by atoms with van der Waals surface area (Å²) in [6.45, 7) is -0.906. The first kappa shape index (κ1) is 24.1. The standard InChI is InChI=1S/C19H15F3N2O8/c1-30-17(26)10-5-11(18(27)31-2)7-12(6-10)23-16(25)9-32-15-4-3-13(24(28)29)8-14(15)19(20,21)22/h3-8H,9H2,1-2H3,(H,23,25). The predicted octanol–water partition coefficient (Wildman–Crippen LogP) is 3.20. The van der Waals surface area contributed by atoms with Crippen molar-refractivity contribution in [2.45, 2.75) is 6.18 Å². The van der Waals surface area contributed by atoms with E-state index >= 15 is 0 Å². The number of carbonyl (C=O) groups is 3. The van der Waals surface area contributed by atoms with Gasteiger partial charge in [-0.15, -0.1) is 0 Å². The highest BCUT2D eigenvalue weighted by Crippen LogP contribution is 2.38. The zero-order valence-corrected chi connectivity index (χ0v) is 16.5. The highest BCUT2D eigenvalue weighted by molar-refractivity contribution is 5.99. The molecule has 0 saturated carbocycles. The van der Waals surface area contributed by atoms with Crippen LogP contribution in [0.3, 0.4) is 0 Å². The topological polar surface area (TPSA) is 134 Å². The highest BCUT2D eigenvalue weighted by atomic mass is 19.4. The third kappa shape index (κ3) is 5.93. The van der Waals surface area contributed by atoms with Crippen molar-refractivity contribution in [3.8, 4) is 5.75 Å². The van der Waals surface area contributed by atoms with Gasteiger partial charge in [-0.25, -0.2) is 9.59 Å². The number of methoxy groups -OCH3 is 2. The molecule has 0 saturated heterocycles. The van der Waals surface area contributed by atoms with Crippen LogP contribution in [0.5, 0.6) is 5.75 Å².